The van der Waals surface area contributed by atoms with Crippen molar-refractivity contribution in [3.63, 3.8) is 0 Å². The van der Waals surface area contributed by atoms with Crippen LogP contribution in [0.1, 0.15) is 11.1 Å². The molecule has 0 aromatic heterocycles. The van der Waals surface area contributed by atoms with Crippen molar-refractivity contribution in [2.45, 2.75) is 0 Å². The zero-order chi connectivity index (χ0) is 13.0. The fourth-order valence-electron chi connectivity index (χ4n) is 1.74. The van der Waals surface area contributed by atoms with Crippen molar-refractivity contribution in [2.75, 3.05) is 5.33 Å². The van der Waals surface area contributed by atoms with Crippen LogP contribution in [-0.2, 0) is 0 Å². The quantitative estimate of drug-likeness (QED) is 0.715. The maximum atomic E-state index is 12.9. The number of alkyl halides is 1. The van der Waals surface area contributed by atoms with E-state index < -0.39 is 0 Å². The van der Waals surface area contributed by atoms with Gasteiger partial charge in [0.1, 0.15) is 11.6 Å². The summed E-state index contributed by atoms with van der Waals surface area (Å²) in [7, 11) is 0. The van der Waals surface area contributed by atoms with Crippen LogP contribution in [0.3, 0.4) is 0 Å². The second-order valence-electron chi connectivity index (χ2n) is 3.79. The molecular weight excluding hydrogens is 298 g/mol. The number of benzene rings is 2. The van der Waals surface area contributed by atoms with E-state index in [0.717, 1.165) is 16.7 Å². The molecule has 0 aliphatic carbocycles. The minimum Gasteiger partial charge on any atom is -0.207 e. The van der Waals surface area contributed by atoms with Crippen LogP contribution >= 0.6 is 15.9 Å². The van der Waals surface area contributed by atoms with Crippen LogP contribution in [0.5, 0.6) is 0 Å². The molecule has 0 fully saturated rings. The van der Waals surface area contributed by atoms with Gasteiger partial charge in [-0.15, -0.1) is 0 Å². The standard InChI is InChI=1S/C15H11BrF2/c16-10-9-15(11-1-5-13(17)6-2-11)12-3-7-14(18)8-4-12/h1-9H,10H2. The van der Waals surface area contributed by atoms with Gasteiger partial charge in [0.2, 0.25) is 0 Å². The van der Waals surface area contributed by atoms with Crippen LogP contribution < -0.4 is 0 Å². The molecular formula is C15H11BrF2. The van der Waals surface area contributed by atoms with Gasteiger partial charge in [-0.25, -0.2) is 8.78 Å². The van der Waals surface area contributed by atoms with Crippen LogP contribution in [0, 0.1) is 11.6 Å². The summed E-state index contributed by atoms with van der Waals surface area (Å²) < 4.78 is 25.8. The third-order valence-electron chi connectivity index (χ3n) is 2.59. The first-order chi connectivity index (χ1) is 8.70. The first kappa shape index (κ1) is 13.0. The Morgan fingerprint density at radius 2 is 1.22 bits per heavy atom. The maximum absolute atomic E-state index is 12.9. The van der Waals surface area contributed by atoms with Crippen LogP contribution in [0.15, 0.2) is 54.6 Å². The first-order valence-electron chi connectivity index (χ1n) is 5.48. The van der Waals surface area contributed by atoms with Crippen LogP contribution in [0.4, 0.5) is 8.78 Å². The normalized spacial score (nSPS) is 10.2. The fraction of sp³-hybridized carbons (Fsp3) is 0.0667. The van der Waals surface area contributed by atoms with E-state index in [2.05, 4.69) is 15.9 Å². The molecule has 3 heteroatoms. The topological polar surface area (TPSA) is 0 Å². The molecule has 0 N–H and O–H groups in total. The molecule has 0 saturated heterocycles. The first-order valence-corrected chi connectivity index (χ1v) is 6.61. The Kier molecular flexibility index (Phi) is 4.26. The van der Waals surface area contributed by atoms with E-state index in [-0.39, 0.29) is 11.6 Å². The molecule has 0 aliphatic rings. The SMILES string of the molecule is Fc1ccc(C(=CCBr)c2ccc(F)cc2)cc1. The highest BCUT2D eigenvalue weighted by atomic mass is 79.9. The summed E-state index contributed by atoms with van der Waals surface area (Å²) >= 11 is 3.35. The summed E-state index contributed by atoms with van der Waals surface area (Å²) in [4.78, 5) is 0. The van der Waals surface area contributed by atoms with Gasteiger partial charge in [-0.3, -0.25) is 0 Å². The summed E-state index contributed by atoms with van der Waals surface area (Å²) in [6.45, 7) is 0. The molecule has 0 heterocycles. The molecule has 2 aromatic carbocycles. The highest BCUT2D eigenvalue weighted by Gasteiger charge is 2.05. The van der Waals surface area contributed by atoms with Gasteiger partial charge in [0.15, 0.2) is 0 Å². The minimum absolute atomic E-state index is 0.268. The molecule has 18 heavy (non-hydrogen) atoms. The smallest absolute Gasteiger partial charge is 0.123 e. The van der Waals surface area contributed by atoms with Crippen molar-refractivity contribution in [2.24, 2.45) is 0 Å². The van der Waals surface area contributed by atoms with Gasteiger partial charge in [0, 0.05) is 5.33 Å². The molecule has 0 saturated carbocycles. The predicted molar refractivity (Wildman–Crippen MR) is 73.7 cm³/mol. The zero-order valence-corrected chi connectivity index (χ0v) is 11.1. The molecule has 0 unspecified atom stereocenters. The summed E-state index contributed by atoms with van der Waals surface area (Å²) in [5.41, 5.74) is 2.76. The number of hydrogen-bond acceptors (Lipinski definition) is 0. The Bertz CT molecular complexity index is 494. The summed E-state index contributed by atoms with van der Waals surface area (Å²) in [5, 5.41) is 0.678. The largest absolute Gasteiger partial charge is 0.207 e. The predicted octanol–water partition coefficient (Wildman–Crippen LogP) is 4.79. The van der Waals surface area contributed by atoms with Crippen molar-refractivity contribution < 1.29 is 8.78 Å². The molecule has 0 amide bonds. The second-order valence-corrected chi connectivity index (χ2v) is 4.43. The summed E-state index contributed by atoms with van der Waals surface area (Å²) in [6, 6.07) is 12.5. The second kappa shape index (κ2) is 5.91. The van der Waals surface area contributed by atoms with Gasteiger partial charge in [-0.1, -0.05) is 46.3 Å². The molecule has 2 aromatic rings. The van der Waals surface area contributed by atoms with E-state index in [1.54, 1.807) is 24.3 Å². The van der Waals surface area contributed by atoms with Crippen LogP contribution in [0.2, 0.25) is 0 Å². The lowest BCUT2D eigenvalue weighted by molar-refractivity contribution is 0.627. The Morgan fingerprint density at radius 3 is 1.56 bits per heavy atom. The van der Waals surface area contributed by atoms with Crippen LogP contribution in [0.25, 0.3) is 5.57 Å². The van der Waals surface area contributed by atoms with E-state index in [4.69, 9.17) is 0 Å². The monoisotopic (exact) mass is 308 g/mol. The lowest BCUT2D eigenvalue weighted by atomic mass is 9.98. The van der Waals surface area contributed by atoms with Crippen LogP contribution in [-0.4, -0.2) is 5.33 Å². The number of hydrogen-bond donors (Lipinski definition) is 0. The number of halogens is 3. The Balaban J connectivity index is 2.43. The van der Waals surface area contributed by atoms with Gasteiger partial charge >= 0.3 is 0 Å². The van der Waals surface area contributed by atoms with Crippen molar-refractivity contribution in [1.82, 2.24) is 0 Å². The van der Waals surface area contributed by atoms with E-state index in [1.165, 1.54) is 24.3 Å². The van der Waals surface area contributed by atoms with Gasteiger partial charge in [-0.2, -0.15) is 0 Å². The molecule has 92 valence electrons. The molecule has 0 aliphatic heterocycles. The number of allylic oxidation sites excluding steroid dienone is 1. The highest BCUT2D eigenvalue weighted by molar-refractivity contribution is 9.09. The third kappa shape index (κ3) is 3.05. The molecule has 0 spiro atoms. The minimum atomic E-state index is -0.268. The lowest BCUT2D eigenvalue weighted by Gasteiger charge is -2.08. The van der Waals surface area contributed by atoms with Crippen molar-refractivity contribution >= 4 is 21.5 Å². The van der Waals surface area contributed by atoms with Gasteiger partial charge in [-0.05, 0) is 41.0 Å². The zero-order valence-electron chi connectivity index (χ0n) is 9.54. The molecule has 0 bridgehead atoms. The summed E-state index contributed by atoms with van der Waals surface area (Å²) in [6.07, 6.45) is 1.97. The van der Waals surface area contributed by atoms with Gasteiger partial charge < -0.3 is 0 Å². The molecule has 0 nitrogen and oxygen atoms in total. The van der Waals surface area contributed by atoms with E-state index >= 15 is 0 Å². The maximum Gasteiger partial charge on any atom is 0.123 e. The third-order valence-corrected chi connectivity index (χ3v) is 2.92. The molecule has 0 atom stereocenters. The van der Waals surface area contributed by atoms with E-state index in [0.29, 0.717) is 5.33 Å². The summed E-state index contributed by atoms with van der Waals surface area (Å²) in [5.74, 6) is -0.535. The molecule has 2 rings (SSSR count). The van der Waals surface area contributed by atoms with Gasteiger partial charge in [0.05, 0.1) is 0 Å². The van der Waals surface area contributed by atoms with Crippen molar-refractivity contribution in [3.05, 3.63) is 77.4 Å². The Labute approximate surface area is 113 Å². The van der Waals surface area contributed by atoms with E-state index in [9.17, 15) is 8.78 Å². The Hall–Kier alpha value is -1.48. The van der Waals surface area contributed by atoms with Crippen molar-refractivity contribution in [3.8, 4) is 0 Å². The Morgan fingerprint density at radius 1 is 0.833 bits per heavy atom. The fourth-order valence-corrected chi connectivity index (χ4v) is 2.06. The van der Waals surface area contributed by atoms with Gasteiger partial charge in [0.25, 0.3) is 0 Å². The lowest BCUT2D eigenvalue weighted by Crippen LogP contribution is -1.90. The van der Waals surface area contributed by atoms with E-state index in [1.807, 2.05) is 6.08 Å². The number of rotatable bonds is 3. The average molecular weight is 309 g/mol. The molecule has 0 radical (unpaired) electrons. The van der Waals surface area contributed by atoms with Crippen molar-refractivity contribution in [1.29, 1.82) is 0 Å². The highest BCUT2D eigenvalue weighted by Crippen LogP contribution is 2.24. The average Bonchev–Trinajstić information content (AvgIpc) is 2.39.